The van der Waals surface area contributed by atoms with Gasteiger partial charge in [0, 0.05) is 0 Å². The van der Waals surface area contributed by atoms with Gasteiger partial charge in [0.1, 0.15) is 0 Å². The Morgan fingerprint density at radius 3 is 0.808 bits per heavy atom. The van der Waals surface area contributed by atoms with Crippen molar-refractivity contribution in [1.29, 1.82) is 0 Å². The molecule has 0 saturated heterocycles. The maximum absolute atomic E-state index is 5.42. The molecule has 0 amide bonds. The Kier molecular flexibility index (Phi) is 7.07. The van der Waals surface area contributed by atoms with Gasteiger partial charge in [0.2, 0.25) is 0 Å². The van der Waals surface area contributed by atoms with Crippen LogP contribution in [0.4, 0.5) is 0 Å². The zero-order valence-electron chi connectivity index (χ0n) is 13.4. The van der Waals surface area contributed by atoms with Crippen molar-refractivity contribution < 1.29 is 0 Å². The first-order valence-electron chi connectivity index (χ1n) is 7.50. The Bertz CT molecular complexity index is 710. The molecule has 3 aromatic carbocycles. The first-order valence-corrected chi connectivity index (χ1v) is 26.9. The maximum atomic E-state index is 5.06. The smallest absolute Gasteiger partial charge is 0.0710 e. The van der Waals surface area contributed by atoms with Gasteiger partial charge < -0.3 is 0 Å². The van der Waals surface area contributed by atoms with Crippen LogP contribution in [-0.4, -0.2) is 9.14 Å². The molecular weight excluding hydrogens is 563 g/mol. The molecule has 0 heterocycles. The molecule has 0 bridgehead atoms. The van der Waals surface area contributed by atoms with Gasteiger partial charge in [0.25, 0.3) is 0 Å². The molecule has 0 nitrogen and oxygen atoms in total. The molecule has 0 saturated carbocycles. The van der Waals surface area contributed by atoms with Crippen molar-refractivity contribution >= 4 is 62.1 Å². The second-order valence-corrected chi connectivity index (χ2v) is 62.3. The van der Waals surface area contributed by atoms with E-state index >= 15 is 0 Å². The molecule has 26 heavy (non-hydrogen) atoms. The van der Waals surface area contributed by atoms with Gasteiger partial charge in [-0.1, -0.05) is 114 Å². The van der Waals surface area contributed by atoms with E-state index < -0.39 is 9.14 Å². The van der Waals surface area contributed by atoms with E-state index in [4.69, 9.17) is 53.0 Å². The molecule has 0 N–H and O–H groups in total. The molecule has 0 radical (unpaired) electrons. The predicted molar refractivity (Wildman–Crippen MR) is 121 cm³/mol. The third-order valence-corrected chi connectivity index (χ3v) is 3.19. The van der Waals surface area contributed by atoms with Crippen LogP contribution in [0.1, 0.15) is 16.7 Å². The second-order valence-electron chi connectivity index (χ2n) is 5.43. The quantitative estimate of drug-likeness (QED) is 0.166. The molecule has 0 aliphatic carbocycles. The Balaban J connectivity index is 0.000000298. The van der Waals surface area contributed by atoms with Crippen LogP contribution < -0.4 is 0 Å². The van der Waals surface area contributed by atoms with Crippen molar-refractivity contribution in [2.45, 2.75) is 0 Å². The van der Waals surface area contributed by atoms with Crippen LogP contribution in [0.3, 0.4) is 0 Å². The fraction of sp³-hybridized carbons (Fsp3) is 0. The van der Waals surface area contributed by atoms with Crippen LogP contribution >= 0.6 is 53.0 Å². The van der Waals surface area contributed by atoms with E-state index in [1.54, 1.807) is 0 Å². The average molecular weight is 578 g/mol. The molecule has 0 fully saturated rings. The van der Waals surface area contributed by atoms with E-state index in [-0.39, 0.29) is 0 Å². The summed E-state index contributed by atoms with van der Waals surface area (Å²) in [6, 6.07) is 31.6. The topological polar surface area (TPSA) is 0 Å². The molecule has 140 valence electrons. The first kappa shape index (κ1) is 22.4. The average Bonchev–Trinajstić information content (AvgIpc) is 2.55. The van der Waals surface area contributed by atoms with Crippen LogP contribution in [0.25, 0.3) is 0 Å². The molecule has 3 rings (SSSR count). The summed E-state index contributed by atoms with van der Waals surface area (Å²) in [6.45, 7) is 0. The van der Waals surface area contributed by atoms with Crippen molar-refractivity contribution in [2.24, 2.45) is 0 Å². The Morgan fingerprint density at radius 1 is 0.423 bits per heavy atom. The van der Waals surface area contributed by atoms with E-state index in [2.05, 4.69) is 91.0 Å². The summed E-state index contributed by atoms with van der Waals surface area (Å²) in [5.74, 6) is 1.28. The van der Waals surface area contributed by atoms with Crippen molar-refractivity contribution in [3.05, 3.63) is 114 Å². The predicted octanol–water partition coefficient (Wildman–Crippen LogP) is 8.46. The minimum absolute atomic E-state index is 1.25. The summed E-state index contributed by atoms with van der Waals surface area (Å²) < 4.78 is 0. The van der Waals surface area contributed by atoms with E-state index in [1.165, 1.54) is 22.6 Å². The third kappa shape index (κ3) is 9.86. The van der Waals surface area contributed by atoms with Crippen LogP contribution in [0, 0.1) is 5.92 Å². The summed E-state index contributed by atoms with van der Waals surface area (Å²) >= 11 is 0. The van der Waals surface area contributed by atoms with E-state index in [9.17, 15) is 0 Å². The van der Waals surface area contributed by atoms with Crippen molar-refractivity contribution in [3.8, 4) is 0 Å². The third-order valence-electron chi connectivity index (χ3n) is 3.19. The number of rotatable bonds is 3. The number of benzene rings is 3. The Labute approximate surface area is 174 Å². The summed E-state index contributed by atoms with van der Waals surface area (Å²) in [5.41, 5.74) is 3.75. The van der Waals surface area contributed by atoms with Gasteiger partial charge in [-0.05, 0) is 0 Å². The van der Waals surface area contributed by atoms with Crippen LogP contribution in [-0.2, 0) is 0 Å². The van der Waals surface area contributed by atoms with Crippen molar-refractivity contribution in [1.82, 2.24) is 0 Å². The molecule has 0 aliphatic rings. The number of hydrogen-bond donors (Lipinski definition) is 0. The van der Waals surface area contributed by atoms with Gasteiger partial charge in [-0.15, -0.1) is 0 Å². The minimum Gasteiger partial charge on any atom is -0.0999 e. The fourth-order valence-corrected chi connectivity index (χ4v) is 2.31. The Morgan fingerprint density at radius 2 is 0.615 bits per heavy atom. The van der Waals surface area contributed by atoms with Gasteiger partial charge >= 0.3 is 62.1 Å². The van der Waals surface area contributed by atoms with E-state index in [0.29, 0.717) is 0 Å². The van der Waals surface area contributed by atoms with E-state index in [0.717, 1.165) is 0 Å². The summed E-state index contributed by atoms with van der Waals surface area (Å²) in [6.07, 6.45) is 0. The van der Waals surface area contributed by atoms with E-state index in [1.807, 2.05) is 0 Å². The molecule has 0 atom stereocenters. The standard InChI is InChI=1S/C19H15.6ClH.Sb/c1-4-10-16(11-5-1)19(17-12-6-2-7-13-17)18-14-8-3-9-15-18;;;;;;;/h1-15H;6*1H;/q-1;;;;;;;+5/p-6. The van der Waals surface area contributed by atoms with Crippen molar-refractivity contribution in [2.75, 3.05) is 0 Å². The molecule has 0 unspecified atom stereocenters. The molecule has 3 aromatic rings. The minimum atomic E-state index is -5.42. The van der Waals surface area contributed by atoms with Crippen LogP contribution in [0.15, 0.2) is 91.0 Å². The van der Waals surface area contributed by atoms with Gasteiger partial charge in [-0.25, -0.2) is 0 Å². The largest absolute Gasteiger partial charge is 0.0999 e. The van der Waals surface area contributed by atoms with Crippen LogP contribution in [0.2, 0.25) is 0 Å². The summed E-state index contributed by atoms with van der Waals surface area (Å²) in [5, 5.41) is 0. The SMILES string of the molecule is [Cl][Sb-]([Cl])([Cl])([Cl])([Cl])[Cl].c1ccc([C-](c2ccccc2)c2ccccc2)cc1. The molecule has 0 spiro atoms. The second kappa shape index (κ2) is 8.22. The number of hydrogen-bond acceptors (Lipinski definition) is 0. The summed E-state index contributed by atoms with van der Waals surface area (Å²) in [7, 11) is 25.0. The monoisotopic (exact) mass is 574 g/mol. The van der Waals surface area contributed by atoms with Gasteiger partial charge in [0.15, 0.2) is 0 Å². The molecular formula is C19H15Cl6Sb-2. The zero-order chi connectivity index (χ0) is 19.3. The normalized spacial score (nSPS) is 13.6. The fourth-order valence-electron chi connectivity index (χ4n) is 2.31. The molecule has 0 aromatic heterocycles. The molecule has 7 heteroatoms. The van der Waals surface area contributed by atoms with Crippen molar-refractivity contribution in [3.63, 3.8) is 0 Å². The zero-order valence-corrected chi connectivity index (χ0v) is 20.5. The van der Waals surface area contributed by atoms with Gasteiger partial charge in [-0.2, -0.15) is 0 Å². The van der Waals surface area contributed by atoms with Gasteiger partial charge in [0.05, 0.1) is 0 Å². The van der Waals surface area contributed by atoms with Gasteiger partial charge in [-0.3, -0.25) is 0 Å². The van der Waals surface area contributed by atoms with Crippen LogP contribution in [0.5, 0.6) is 0 Å². The maximum Gasteiger partial charge on any atom is -0.0710 e. The Hall–Kier alpha value is 0.0882. The summed E-state index contributed by atoms with van der Waals surface area (Å²) in [4.78, 5) is 0. The first-order chi connectivity index (χ1) is 11.9. The number of halogens is 6. The molecule has 0 aliphatic heterocycles.